The molecule has 2 aliphatic rings. The minimum atomic E-state index is -0.348. The minimum absolute atomic E-state index is 0.113. The molecule has 2 atom stereocenters. The molecular weight excluding hydrogens is 261 g/mol. The number of anilines is 1. The first-order valence-electron chi connectivity index (χ1n) is 6.75. The van der Waals surface area contributed by atoms with Gasteiger partial charge in [0.2, 0.25) is 0 Å². The second-order valence-corrected chi connectivity index (χ2v) is 5.75. The zero-order chi connectivity index (χ0) is 13.4. The molecule has 0 aliphatic carbocycles. The summed E-state index contributed by atoms with van der Waals surface area (Å²) >= 11 is 4.96. The summed E-state index contributed by atoms with van der Waals surface area (Å²) in [6.45, 7) is 2.31. The highest BCUT2D eigenvalue weighted by molar-refractivity contribution is 7.80. The summed E-state index contributed by atoms with van der Waals surface area (Å²) in [7, 11) is 0. The van der Waals surface area contributed by atoms with E-state index in [1.54, 1.807) is 6.07 Å². The summed E-state index contributed by atoms with van der Waals surface area (Å²) in [5.74, 6) is -0.348. The molecule has 102 valence electrons. The molecule has 1 aromatic rings. The maximum Gasteiger partial charge on any atom is 0.135 e. The zero-order valence-electron chi connectivity index (χ0n) is 10.7. The summed E-state index contributed by atoms with van der Waals surface area (Å²) in [5, 5.41) is 3.45. The first kappa shape index (κ1) is 12.8. The van der Waals surface area contributed by atoms with Gasteiger partial charge >= 0.3 is 0 Å². The van der Waals surface area contributed by atoms with Crippen LogP contribution < -0.4 is 11.1 Å². The molecule has 0 aromatic heterocycles. The van der Waals surface area contributed by atoms with Crippen LogP contribution in [0.15, 0.2) is 18.2 Å². The number of nitrogens with two attached hydrogens (primary N) is 1. The lowest BCUT2D eigenvalue weighted by atomic mass is 10.0. The highest BCUT2D eigenvalue weighted by atomic mass is 32.1. The highest BCUT2D eigenvalue weighted by Crippen LogP contribution is 2.31. The Morgan fingerprint density at radius 2 is 2.21 bits per heavy atom. The SMILES string of the molecule is NC(=S)c1c(F)cccc1NC1CCN2CCCC12. The van der Waals surface area contributed by atoms with E-state index in [2.05, 4.69) is 10.2 Å². The Morgan fingerprint density at radius 1 is 1.37 bits per heavy atom. The third kappa shape index (κ3) is 2.32. The molecule has 1 aromatic carbocycles. The van der Waals surface area contributed by atoms with Crippen LogP contribution in [0, 0.1) is 5.82 Å². The van der Waals surface area contributed by atoms with Crippen LogP contribution in [0.2, 0.25) is 0 Å². The number of nitrogens with one attached hydrogen (secondary N) is 1. The lowest BCUT2D eigenvalue weighted by molar-refractivity contribution is 0.318. The number of rotatable bonds is 3. The summed E-state index contributed by atoms with van der Waals surface area (Å²) in [6.07, 6.45) is 3.57. The third-order valence-electron chi connectivity index (χ3n) is 4.21. The number of hydrogen-bond donors (Lipinski definition) is 2. The van der Waals surface area contributed by atoms with Gasteiger partial charge in [0.05, 0.1) is 5.56 Å². The number of thiocarbonyl (C=S) groups is 1. The van der Waals surface area contributed by atoms with Crippen LogP contribution in [-0.2, 0) is 0 Å². The molecule has 2 fully saturated rings. The molecule has 0 saturated carbocycles. The number of fused-ring (bicyclic) bond motifs is 1. The molecule has 0 bridgehead atoms. The molecule has 19 heavy (non-hydrogen) atoms. The van der Waals surface area contributed by atoms with E-state index in [1.165, 1.54) is 25.5 Å². The molecular formula is C14H18FN3S. The molecule has 5 heteroatoms. The van der Waals surface area contributed by atoms with Gasteiger partial charge in [-0.05, 0) is 37.9 Å². The second kappa shape index (κ2) is 5.06. The van der Waals surface area contributed by atoms with E-state index >= 15 is 0 Å². The number of hydrogen-bond acceptors (Lipinski definition) is 3. The molecule has 3 rings (SSSR count). The fourth-order valence-electron chi connectivity index (χ4n) is 3.35. The summed E-state index contributed by atoms with van der Waals surface area (Å²) in [4.78, 5) is 2.62. The van der Waals surface area contributed by atoms with Crippen LogP contribution in [0.4, 0.5) is 10.1 Å². The maximum atomic E-state index is 13.8. The first-order valence-corrected chi connectivity index (χ1v) is 7.16. The van der Waals surface area contributed by atoms with E-state index in [4.69, 9.17) is 18.0 Å². The van der Waals surface area contributed by atoms with Crippen molar-refractivity contribution < 1.29 is 4.39 Å². The van der Waals surface area contributed by atoms with Gasteiger partial charge in [-0.1, -0.05) is 18.3 Å². The Kier molecular flexibility index (Phi) is 3.41. The Hall–Kier alpha value is -1.20. The fourth-order valence-corrected chi connectivity index (χ4v) is 3.55. The number of nitrogens with zero attached hydrogens (tertiary/aromatic N) is 1. The van der Waals surface area contributed by atoms with Gasteiger partial charge in [0.1, 0.15) is 10.8 Å². The fraction of sp³-hybridized carbons (Fsp3) is 0.500. The summed E-state index contributed by atoms with van der Waals surface area (Å²) in [6, 6.07) is 5.89. The lowest BCUT2D eigenvalue weighted by Crippen LogP contribution is -2.34. The van der Waals surface area contributed by atoms with Crippen molar-refractivity contribution in [2.75, 3.05) is 18.4 Å². The molecule has 2 unspecified atom stereocenters. The van der Waals surface area contributed by atoms with Gasteiger partial charge in [0.25, 0.3) is 0 Å². The molecule has 0 amide bonds. The van der Waals surface area contributed by atoms with Crippen LogP contribution in [0.3, 0.4) is 0 Å². The van der Waals surface area contributed by atoms with Gasteiger partial charge in [-0.25, -0.2) is 4.39 Å². The quantitative estimate of drug-likeness (QED) is 0.832. The smallest absolute Gasteiger partial charge is 0.135 e. The molecule has 2 heterocycles. The molecule has 3 N–H and O–H groups in total. The Morgan fingerprint density at radius 3 is 3.00 bits per heavy atom. The van der Waals surface area contributed by atoms with E-state index in [0.717, 1.165) is 18.7 Å². The zero-order valence-corrected chi connectivity index (χ0v) is 11.5. The normalized spacial score (nSPS) is 26.4. The predicted molar refractivity (Wildman–Crippen MR) is 78.9 cm³/mol. The summed E-state index contributed by atoms with van der Waals surface area (Å²) in [5.41, 5.74) is 6.71. The summed E-state index contributed by atoms with van der Waals surface area (Å²) < 4.78 is 13.8. The van der Waals surface area contributed by atoms with E-state index < -0.39 is 0 Å². The van der Waals surface area contributed by atoms with E-state index in [1.807, 2.05) is 6.07 Å². The Labute approximate surface area is 118 Å². The van der Waals surface area contributed by atoms with Crippen LogP contribution in [0.25, 0.3) is 0 Å². The molecule has 2 saturated heterocycles. The van der Waals surface area contributed by atoms with Crippen LogP contribution in [0.5, 0.6) is 0 Å². The monoisotopic (exact) mass is 279 g/mol. The van der Waals surface area contributed by atoms with Crippen LogP contribution in [-0.4, -0.2) is 35.1 Å². The van der Waals surface area contributed by atoms with Crippen molar-refractivity contribution in [1.82, 2.24) is 4.90 Å². The Balaban J connectivity index is 1.84. The average molecular weight is 279 g/mol. The molecule has 0 radical (unpaired) electrons. The van der Waals surface area contributed by atoms with Gasteiger partial charge in [0, 0.05) is 24.3 Å². The standard InChI is InChI=1S/C14H18FN3S/c15-9-3-1-4-11(13(9)14(16)19)17-10-6-8-18-7-2-5-12(10)18/h1,3-4,10,12,17H,2,5-8H2,(H2,16,19). The second-order valence-electron chi connectivity index (χ2n) is 5.31. The minimum Gasteiger partial charge on any atom is -0.389 e. The molecule has 2 aliphatic heterocycles. The third-order valence-corrected chi connectivity index (χ3v) is 4.41. The van der Waals surface area contributed by atoms with E-state index in [0.29, 0.717) is 17.6 Å². The van der Waals surface area contributed by atoms with Crippen molar-refractivity contribution in [3.8, 4) is 0 Å². The van der Waals surface area contributed by atoms with Gasteiger partial charge < -0.3 is 11.1 Å². The topological polar surface area (TPSA) is 41.3 Å². The van der Waals surface area contributed by atoms with Crippen molar-refractivity contribution in [2.24, 2.45) is 5.73 Å². The largest absolute Gasteiger partial charge is 0.389 e. The van der Waals surface area contributed by atoms with Crippen molar-refractivity contribution >= 4 is 22.9 Å². The van der Waals surface area contributed by atoms with E-state index in [9.17, 15) is 4.39 Å². The molecule has 0 spiro atoms. The Bertz CT molecular complexity index is 505. The first-order chi connectivity index (χ1) is 9.16. The van der Waals surface area contributed by atoms with Crippen molar-refractivity contribution in [3.05, 3.63) is 29.6 Å². The van der Waals surface area contributed by atoms with Gasteiger partial charge in [-0.15, -0.1) is 0 Å². The van der Waals surface area contributed by atoms with Crippen molar-refractivity contribution in [3.63, 3.8) is 0 Å². The highest BCUT2D eigenvalue weighted by Gasteiger charge is 2.37. The van der Waals surface area contributed by atoms with E-state index in [-0.39, 0.29) is 10.8 Å². The van der Waals surface area contributed by atoms with Gasteiger partial charge in [-0.3, -0.25) is 4.90 Å². The average Bonchev–Trinajstić information content (AvgIpc) is 2.93. The van der Waals surface area contributed by atoms with Crippen molar-refractivity contribution in [1.29, 1.82) is 0 Å². The lowest BCUT2D eigenvalue weighted by Gasteiger charge is -2.23. The number of halogens is 1. The van der Waals surface area contributed by atoms with Gasteiger partial charge in [0.15, 0.2) is 0 Å². The maximum absolute atomic E-state index is 13.8. The molecule has 3 nitrogen and oxygen atoms in total. The van der Waals surface area contributed by atoms with Crippen LogP contribution >= 0.6 is 12.2 Å². The predicted octanol–water partition coefficient (Wildman–Crippen LogP) is 2.11. The van der Waals surface area contributed by atoms with Crippen LogP contribution in [0.1, 0.15) is 24.8 Å². The van der Waals surface area contributed by atoms with Gasteiger partial charge in [-0.2, -0.15) is 0 Å². The van der Waals surface area contributed by atoms with Crippen molar-refractivity contribution in [2.45, 2.75) is 31.3 Å². The number of benzene rings is 1.